The molecule has 25 heavy (non-hydrogen) atoms. The Labute approximate surface area is 151 Å². The first kappa shape index (κ1) is 16.2. The van der Waals surface area contributed by atoms with Crippen LogP contribution in [0.2, 0.25) is 5.02 Å². The van der Waals surface area contributed by atoms with Gasteiger partial charge in [-0.2, -0.15) is 0 Å². The minimum Gasteiger partial charge on any atom is -0.326 e. The van der Waals surface area contributed by atoms with Gasteiger partial charge in [-0.3, -0.25) is 9.59 Å². The number of carbonyl (C=O) groups is 2. The van der Waals surface area contributed by atoms with Gasteiger partial charge in [-0.15, -0.1) is 0 Å². The summed E-state index contributed by atoms with van der Waals surface area (Å²) in [6, 6.07) is 14.8. The van der Waals surface area contributed by atoms with Gasteiger partial charge in [-0.1, -0.05) is 23.7 Å². The zero-order valence-corrected chi connectivity index (χ0v) is 14.5. The van der Waals surface area contributed by atoms with Crippen LogP contribution in [0.25, 0.3) is 0 Å². The van der Waals surface area contributed by atoms with E-state index in [1.807, 2.05) is 48.5 Å². The molecule has 0 spiro atoms. The van der Waals surface area contributed by atoms with E-state index in [0.717, 1.165) is 42.6 Å². The van der Waals surface area contributed by atoms with E-state index >= 15 is 0 Å². The normalized spacial score (nSPS) is 17.6. The van der Waals surface area contributed by atoms with Crippen LogP contribution >= 0.6 is 11.6 Å². The van der Waals surface area contributed by atoms with E-state index in [-0.39, 0.29) is 17.7 Å². The molecular formula is C20H19ClN2O2. The summed E-state index contributed by atoms with van der Waals surface area (Å²) in [4.78, 5) is 24.5. The average molecular weight is 355 g/mol. The maximum absolute atomic E-state index is 12.7. The van der Waals surface area contributed by atoms with E-state index in [1.54, 1.807) is 0 Å². The van der Waals surface area contributed by atoms with Crippen LogP contribution in [-0.4, -0.2) is 11.8 Å². The molecule has 2 fully saturated rings. The fraction of sp³-hybridized carbons (Fsp3) is 0.300. The van der Waals surface area contributed by atoms with Gasteiger partial charge in [0.2, 0.25) is 11.8 Å². The van der Waals surface area contributed by atoms with Gasteiger partial charge in [0.1, 0.15) is 0 Å². The molecule has 0 bridgehead atoms. The molecule has 2 N–H and O–H groups in total. The van der Waals surface area contributed by atoms with Crippen LogP contribution in [0.5, 0.6) is 0 Å². The number of amides is 2. The monoisotopic (exact) mass is 354 g/mol. The first-order valence-corrected chi connectivity index (χ1v) is 8.93. The molecule has 0 unspecified atom stereocenters. The summed E-state index contributed by atoms with van der Waals surface area (Å²) in [5.74, 6) is 0.242. The summed E-state index contributed by atoms with van der Waals surface area (Å²) in [5, 5.41) is 6.52. The molecule has 5 heteroatoms. The van der Waals surface area contributed by atoms with Crippen LogP contribution < -0.4 is 10.6 Å². The Kier molecular flexibility index (Phi) is 4.00. The lowest BCUT2D eigenvalue weighted by molar-refractivity contribution is -0.118. The van der Waals surface area contributed by atoms with Crippen LogP contribution in [-0.2, 0) is 15.0 Å². The van der Waals surface area contributed by atoms with Crippen molar-refractivity contribution in [1.29, 1.82) is 0 Å². The molecular weight excluding hydrogens is 336 g/mol. The maximum Gasteiger partial charge on any atom is 0.235 e. The van der Waals surface area contributed by atoms with Gasteiger partial charge < -0.3 is 10.6 Å². The van der Waals surface area contributed by atoms with Gasteiger partial charge in [0.15, 0.2) is 0 Å². The Morgan fingerprint density at radius 1 is 0.960 bits per heavy atom. The lowest BCUT2D eigenvalue weighted by Gasteiger charge is -2.16. The quantitative estimate of drug-likeness (QED) is 0.838. The van der Waals surface area contributed by atoms with Crippen LogP contribution in [0, 0.1) is 5.92 Å². The molecule has 0 heterocycles. The minimum absolute atomic E-state index is 0.00969. The van der Waals surface area contributed by atoms with Gasteiger partial charge in [-0.25, -0.2) is 0 Å². The maximum atomic E-state index is 12.7. The summed E-state index contributed by atoms with van der Waals surface area (Å²) in [5.41, 5.74) is 1.98. The third-order valence-corrected chi connectivity index (χ3v) is 5.16. The van der Waals surface area contributed by atoms with Crippen molar-refractivity contribution >= 4 is 34.8 Å². The molecule has 2 amide bonds. The molecule has 4 nitrogen and oxygen atoms in total. The number of hydrogen-bond acceptors (Lipinski definition) is 2. The van der Waals surface area contributed by atoms with Crippen LogP contribution in [0.3, 0.4) is 0 Å². The summed E-state index contributed by atoms with van der Waals surface area (Å²) in [7, 11) is 0. The van der Waals surface area contributed by atoms with Crippen molar-refractivity contribution in [2.24, 2.45) is 5.92 Å². The van der Waals surface area contributed by atoms with Crippen LogP contribution in [0.4, 0.5) is 11.4 Å². The Morgan fingerprint density at radius 2 is 1.60 bits per heavy atom. The minimum atomic E-state index is -0.468. The Hall–Kier alpha value is -2.33. The standard InChI is InChI=1S/C20H19ClN2O2/c21-15-3-1-2-14(12-15)20(10-11-20)19(25)23-17-8-6-16(7-9-17)22-18(24)13-4-5-13/h1-3,6-9,12-13H,4-5,10-11H2,(H,22,24)(H,23,25). The molecule has 0 atom stereocenters. The molecule has 2 aromatic carbocycles. The lowest BCUT2D eigenvalue weighted by Crippen LogP contribution is -2.27. The smallest absolute Gasteiger partial charge is 0.235 e. The van der Waals surface area contributed by atoms with Crippen LogP contribution in [0.15, 0.2) is 48.5 Å². The average Bonchev–Trinajstić information content (AvgIpc) is 3.49. The summed E-state index contributed by atoms with van der Waals surface area (Å²) < 4.78 is 0. The largest absolute Gasteiger partial charge is 0.326 e. The summed E-state index contributed by atoms with van der Waals surface area (Å²) in [6.45, 7) is 0. The van der Waals surface area contributed by atoms with E-state index in [1.165, 1.54) is 0 Å². The number of halogens is 1. The number of hydrogen-bond donors (Lipinski definition) is 2. The van der Waals surface area contributed by atoms with Crippen molar-refractivity contribution in [3.8, 4) is 0 Å². The fourth-order valence-corrected chi connectivity index (χ4v) is 3.23. The van der Waals surface area contributed by atoms with Gasteiger partial charge in [0.25, 0.3) is 0 Å². The molecule has 0 aromatic heterocycles. The molecule has 128 valence electrons. The molecule has 0 saturated heterocycles. The van der Waals surface area contributed by atoms with Crippen molar-refractivity contribution < 1.29 is 9.59 Å². The highest BCUT2D eigenvalue weighted by molar-refractivity contribution is 6.30. The van der Waals surface area contributed by atoms with Crippen molar-refractivity contribution in [2.75, 3.05) is 10.6 Å². The molecule has 2 aromatic rings. The number of nitrogens with one attached hydrogen (secondary N) is 2. The molecule has 0 radical (unpaired) electrons. The highest BCUT2D eigenvalue weighted by Crippen LogP contribution is 2.49. The van der Waals surface area contributed by atoms with E-state index < -0.39 is 5.41 Å². The lowest BCUT2D eigenvalue weighted by atomic mass is 9.95. The Bertz CT molecular complexity index is 824. The fourth-order valence-electron chi connectivity index (χ4n) is 3.04. The number of anilines is 2. The first-order chi connectivity index (χ1) is 12.1. The second kappa shape index (κ2) is 6.19. The van der Waals surface area contributed by atoms with Crippen LogP contribution in [0.1, 0.15) is 31.2 Å². The summed E-state index contributed by atoms with van der Waals surface area (Å²) in [6.07, 6.45) is 3.61. The predicted octanol–water partition coefficient (Wildman–Crippen LogP) is 4.36. The van der Waals surface area contributed by atoms with E-state index in [2.05, 4.69) is 10.6 Å². The molecule has 2 aliphatic carbocycles. The number of benzene rings is 2. The molecule has 2 saturated carbocycles. The Morgan fingerprint density at radius 3 is 2.16 bits per heavy atom. The highest BCUT2D eigenvalue weighted by atomic mass is 35.5. The molecule has 0 aliphatic heterocycles. The van der Waals surface area contributed by atoms with E-state index in [4.69, 9.17) is 11.6 Å². The highest BCUT2D eigenvalue weighted by Gasteiger charge is 2.51. The molecule has 2 aliphatic rings. The molecule has 4 rings (SSSR count). The number of carbonyl (C=O) groups excluding carboxylic acids is 2. The van der Waals surface area contributed by atoms with Gasteiger partial charge in [0.05, 0.1) is 5.41 Å². The summed E-state index contributed by atoms with van der Waals surface area (Å²) >= 11 is 6.06. The zero-order valence-electron chi connectivity index (χ0n) is 13.7. The number of rotatable bonds is 5. The SMILES string of the molecule is O=C(Nc1ccc(NC(=O)C2(c3cccc(Cl)c3)CC2)cc1)C1CC1. The van der Waals surface area contributed by atoms with Crippen molar-refractivity contribution in [3.63, 3.8) is 0 Å². The second-order valence-electron chi connectivity index (χ2n) is 6.89. The predicted molar refractivity (Wildman–Crippen MR) is 98.8 cm³/mol. The van der Waals surface area contributed by atoms with Gasteiger partial charge >= 0.3 is 0 Å². The third-order valence-electron chi connectivity index (χ3n) is 4.92. The van der Waals surface area contributed by atoms with E-state index in [0.29, 0.717) is 5.02 Å². The second-order valence-corrected chi connectivity index (χ2v) is 7.32. The van der Waals surface area contributed by atoms with Crippen molar-refractivity contribution in [2.45, 2.75) is 31.1 Å². The van der Waals surface area contributed by atoms with Gasteiger partial charge in [0, 0.05) is 22.3 Å². The van der Waals surface area contributed by atoms with Crippen molar-refractivity contribution in [1.82, 2.24) is 0 Å². The van der Waals surface area contributed by atoms with Crippen molar-refractivity contribution in [3.05, 3.63) is 59.1 Å². The third kappa shape index (κ3) is 3.40. The first-order valence-electron chi connectivity index (χ1n) is 8.55. The Balaban J connectivity index is 1.43. The zero-order chi connectivity index (χ0) is 17.4. The van der Waals surface area contributed by atoms with E-state index in [9.17, 15) is 9.59 Å². The van der Waals surface area contributed by atoms with Gasteiger partial charge in [-0.05, 0) is 67.6 Å². The topological polar surface area (TPSA) is 58.2 Å².